The zero-order chi connectivity index (χ0) is 21.7. The summed E-state index contributed by atoms with van der Waals surface area (Å²) in [6, 6.07) is 9.13. The van der Waals surface area contributed by atoms with Gasteiger partial charge in [-0.2, -0.15) is 0 Å². The summed E-state index contributed by atoms with van der Waals surface area (Å²) in [7, 11) is -1.61. The highest BCUT2D eigenvalue weighted by Gasteiger charge is 2.22. The highest BCUT2D eigenvalue weighted by molar-refractivity contribution is 6.83. The van der Waals surface area contributed by atoms with E-state index in [2.05, 4.69) is 46.4 Å². The second-order valence-electron chi connectivity index (χ2n) is 8.90. The fourth-order valence-corrected chi connectivity index (χ4v) is 2.95. The second-order valence-corrected chi connectivity index (χ2v) is 13.6. The topological polar surface area (TPSA) is 84.1 Å². The fourth-order valence-electron chi connectivity index (χ4n) is 2.45. The minimum absolute atomic E-state index is 0.315. The molecule has 0 aliphatic rings. The van der Waals surface area contributed by atoms with E-state index in [9.17, 15) is 9.59 Å². The number of nitrogens with one attached hydrogen (secondary N) is 2. The number of rotatable bonds is 4. The third-order valence-corrected chi connectivity index (χ3v) is 4.57. The Morgan fingerprint density at radius 2 is 1.90 bits per heavy atom. The number of carbonyl (C=O) groups is 1. The molecule has 0 fully saturated rings. The molecule has 1 aromatic carbocycles. The Kier molecular flexibility index (Phi) is 7.04. The van der Waals surface area contributed by atoms with Crippen molar-refractivity contribution in [2.75, 3.05) is 0 Å². The summed E-state index contributed by atoms with van der Waals surface area (Å²) in [6.07, 6.45) is 1.36. The lowest BCUT2D eigenvalue weighted by atomic mass is 10.1. The Morgan fingerprint density at radius 3 is 2.45 bits per heavy atom. The van der Waals surface area contributed by atoms with Crippen LogP contribution in [0.4, 0.5) is 4.79 Å². The molecule has 1 heterocycles. The van der Waals surface area contributed by atoms with Crippen LogP contribution in [0.3, 0.4) is 0 Å². The van der Waals surface area contributed by atoms with Crippen molar-refractivity contribution in [2.24, 2.45) is 0 Å². The van der Waals surface area contributed by atoms with E-state index in [4.69, 9.17) is 4.74 Å². The molecule has 0 aliphatic carbocycles. The standard InChI is InChI=1S/C22H29N3O3Si/c1-22(2,3)28-21(27)24-18(14-16-10-8-7-9-11-16)19-23-15-17(20(26)25-19)12-13-29(4,5)6/h7-11,15,18H,14H2,1-6H3,(H,24,27)(H,23,25,26)/t18-/m0/s1. The number of nitrogens with zero attached hydrogens (tertiary/aromatic N) is 1. The summed E-state index contributed by atoms with van der Waals surface area (Å²) in [5, 5.41) is 2.82. The lowest BCUT2D eigenvalue weighted by molar-refractivity contribution is 0.0501. The quantitative estimate of drug-likeness (QED) is 0.592. The van der Waals surface area contributed by atoms with E-state index in [0.29, 0.717) is 17.8 Å². The van der Waals surface area contributed by atoms with E-state index < -0.39 is 25.8 Å². The van der Waals surface area contributed by atoms with Crippen LogP contribution >= 0.6 is 0 Å². The number of carbonyl (C=O) groups excluding carboxylic acids is 1. The third-order valence-electron chi connectivity index (χ3n) is 3.69. The number of alkyl carbamates (subject to hydrolysis) is 1. The van der Waals surface area contributed by atoms with Crippen molar-refractivity contribution in [2.45, 2.75) is 58.5 Å². The molecule has 0 aliphatic heterocycles. The summed E-state index contributed by atoms with van der Waals surface area (Å²) in [5.74, 6) is 3.30. The summed E-state index contributed by atoms with van der Waals surface area (Å²) in [6.45, 7) is 11.7. The molecule has 0 radical (unpaired) electrons. The molecule has 0 unspecified atom stereocenters. The summed E-state index contributed by atoms with van der Waals surface area (Å²) >= 11 is 0. The Balaban J connectivity index is 2.32. The molecule has 0 saturated carbocycles. The molecule has 2 aromatic rings. The Morgan fingerprint density at radius 1 is 1.24 bits per heavy atom. The average molecular weight is 412 g/mol. The maximum absolute atomic E-state index is 12.5. The molecule has 1 amide bonds. The second kappa shape index (κ2) is 9.10. The van der Waals surface area contributed by atoms with Crippen molar-refractivity contribution in [3.05, 3.63) is 63.8 Å². The van der Waals surface area contributed by atoms with E-state index in [1.165, 1.54) is 6.20 Å². The molecular weight excluding hydrogens is 382 g/mol. The van der Waals surface area contributed by atoms with Gasteiger partial charge in [-0.1, -0.05) is 55.9 Å². The number of H-pyrrole nitrogens is 1. The van der Waals surface area contributed by atoms with Crippen molar-refractivity contribution in [3.8, 4) is 11.5 Å². The molecule has 1 aromatic heterocycles. The fraction of sp³-hybridized carbons (Fsp3) is 0.409. The van der Waals surface area contributed by atoms with Gasteiger partial charge in [-0.15, -0.1) is 5.54 Å². The van der Waals surface area contributed by atoms with Crippen LogP contribution in [0.25, 0.3) is 0 Å². The van der Waals surface area contributed by atoms with E-state index in [-0.39, 0.29) is 5.56 Å². The van der Waals surface area contributed by atoms with Crippen LogP contribution in [-0.2, 0) is 11.2 Å². The van der Waals surface area contributed by atoms with Crippen LogP contribution in [0.15, 0.2) is 41.3 Å². The first-order chi connectivity index (χ1) is 13.4. The first-order valence-corrected chi connectivity index (χ1v) is 13.1. The largest absolute Gasteiger partial charge is 0.444 e. The molecule has 29 heavy (non-hydrogen) atoms. The number of hydrogen-bond donors (Lipinski definition) is 2. The number of hydrogen-bond acceptors (Lipinski definition) is 4. The SMILES string of the molecule is CC(C)(C)OC(=O)N[C@@H](Cc1ccccc1)c1ncc(C#C[Si](C)(C)C)c(=O)[nH]1. The zero-order valence-electron chi connectivity index (χ0n) is 17.9. The van der Waals surface area contributed by atoms with Gasteiger partial charge in [0.25, 0.3) is 5.56 Å². The van der Waals surface area contributed by atoms with Crippen molar-refractivity contribution in [1.82, 2.24) is 15.3 Å². The predicted octanol–water partition coefficient (Wildman–Crippen LogP) is 3.81. The molecule has 154 valence electrons. The van der Waals surface area contributed by atoms with Crippen LogP contribution in [0.1, 0.15) is 43.8 Å². The molecule has 2 N–H and O–H groups in total. The molecule has 0 spiro atoms. The molecule has 0 bridgehead atoms. The zero-order valence-corrected chi connectivity index (χ0v) is 18.9. The normalized spacial score (nSPS) is 12.5. The lowest BCUT2D eigenvalue weighted by Gasteiger charge is -2.23. The van der Waals surface area contributed by atoms with Crippen molar-refractivity contribution in [3.63, 3.8) is 0 Å². The average Bonchev–Trinajstić information content (AvgIpc) is 2.58. The first kappa shape index (κ1) is 22.4. The maximum Gasteiger partial charge on any atom is 0.408 e. The van der Waals surface area contributed by atoms with Crippen LogP contribution in [0.2, 0.25) is 19.6 Å². The van der Waals surface area contributed by atoms with Crippen molar-refractivity contribution < 1.29 is 9.53 Å². The molecular formula is C22H29N3O3Si. The summed E-state index contributed by atoms with van der Waals surface area (Å²) in [4.78, 5) is 32.0. The summed E-state index contributed by atoms with van der Waals surface area (Å²) < 4.78 is 5.37. The lowest BCUT2D eigenvalue weighted by Crippen LogP contribution is -2.37. The number of benzene rings is 1. The Bertz CT molecular complexity index is 961. The van der Waals surface area contributed by atoms with E-state index in [0.717, 1.165) is 5.56 Å². The predicted molar refractivity (Wildman–Crippen MR) is 117 cm³/mol. The van der Waals surface area contributed by atoms with Gasteiger partial charge < -0.3 is 15.0 Å². The van der Waals surface area contributed by atoms with Crippen molar-refractivity contribution in [1.29, 1.82) is 0 Å². The van der Waals surface area contributed by atoms with Gasteiger partial charge in [-0.3, -0.25) is 4.79 Å². The number of ether oxygens (including phenoxy) is 1. The smallest absolute Gasteiger partial charge is 0.408 e. The Hall–Kier alpha value is -2.85. The van der Waals surface area contributed by atoms with Crippen LogP contribution in [0, 0.1) is 11.5 Å². The highest BCUT2D eigenvalue weighted by Crippen LogP contribution is 2.16. The van der Waals surface area contributed by atoms with Gasteiger partial charge in [0.15, 0.2) is 0 Å². The number of aromatic nitrogens is 2. The summed E-state index contributed by atoms with van der Waals surface area (Å²) in [5.41, 5.74) is 3.55. The van der Waals surface area contributed by atoms with Gasteiger partial charge in [-0.05, 0) is 26.3 Å². The third kappa shape index (κ3) is 7.96. The molecule has 2 rings (SSSR count). The van der Waals surface area contributed by atoms with Crippen molar-refractivity contribution >= 4 is 14.2 Å². The van der Waals surface area contributed by atoms with Crippen LogP contribution in [0.5, 0.6) is 0 Å². The maximum atomic E-state index is 12.5. The van der Waals surface area contributed by atoms with Gasteiger partial charge in [-0.25, -0.2) is 9.78 Å². The number of amides is 1. The molecule has 0 saturated heterocycles. The van der Waals surface area contributed by atoms with Crippen LogP contribution in [-0.4, -0.2) is 29.7 Å². The van der Waals surface area contributed by atoms with E-state index in [1.54, 1.807) is 20.8 Å². The minimum atomic E-state index is -1.61. The first-order valence-electron chi connectivity index (χ1n) is 9.59. The van der Waals surface area contributed by atoms with E-state index in [1.807, 2.05) is 30.3 Å². The highest BCUT2D eigenvalue weighted by atomic mass is 28.3. The van der Waals surface area contributed by atoms with Gasteiger partial charge >= 0.3 is 6.09 Å². The Labute approximate surface area is 173 Å². The monoisotopic (exact) mass is 411 g/mol. The minimum Gasteiger partial charge on any atom is -0.444 e. The molecule has 7 heteroatoms. The molecule has 6 nitrogen and oxygen atoms in total. The van der Waals surface area contributed by atoms with Gasteiger partial charge in [0.2, 0.25) is 0 Å². The van der Waals surface area contributed by atoms with Crippen LogP contribution < -0.4 is 10.9 Å². The van der Waals surface area contributed by atoms with E-state index >= 15 is 0 Å². The molecule has 1 atom stereocenters. The number of aromatic amines is 1. The van der Waals surface area contributed by atoms with Gasteiger partial charge in [0.1, 0.15) is 25.1 Å². The van der Waals surface area contributed by atoms with Gasteiger partial charge in [0.05, 0.1) is 12.2 Å². The van der Waals surface area contributed by atoms with Gasteiger partial charge in [0, 0.05) is 6.42 Å².